The molecular formula is C17H20ClFN2. The van der Waals surface area contributed by atoms with Crippen LogP contribution in [0.15, 0.2) is 36.5 Å². The maximum absolute atomic E-state index is 13.6. The normalized spacial score (nSPS) is 12.4. The highest BCUT2D eigenvalue weighted by molar-refractivity contribution is 6.31. The number of hydrogen-bond acceptors (Lipinski definition) is 2. The van der Waals surface area contributed by atoms with Crippen molar-refractivity contribution in [2.24, 2.45) is 0 Å². The fourth-order valence-electron chi connectivity index (χ4n) is 2.28. The van der Waals surface area contributed by atoms with E-state index >= 15 is 0 Å². The first-order valence-corrected chi connectivity index (χ1v) is 7.58. The number of halogens is 2. The van der Waals surface area contributed by atoms with Crippen molar-refractivity contribution >= 4 is 11.6 Å². The Morgan fingerprint density at radius 2 is 2.14 bits per heavy atom. The van der Waals surface area contributed by atoms with Gasteiger partial charge in [-0.2, -0.15) is 0 Å². The van der Waals surface area contributed by atoms with Crippen LogP contribution >= 0.6 is 11.6 Å². The van der Waals surface area contributed by atoms with Crippen LogP contribution in [0.5, 0.6) is 0 Å². The number of nitrogens with zero attached hydrogens (tertiary/aromatic N) is 1. The largest absolute Gasteiger partial charge is 0.308 e. The van der Waals surface area contributed by atoms with Gasteiger partial charge < -0.3 is 5.32 Å². The minimum absolute atomic E-state index is 0.0316. The Morgan fingerprint density at radius 3 is 2.86 bits per heavy atom. The first-order chi connectivity index (χ1) is 10.1. The Labute approximate surface area is 130 Å². The highest BCUT2D eigenvalue weighted by Gasteiger charge is 2.16. The van der Waals surface area contributed by atoms with Gasteiger partial charge in [-0.25, -0.2) is 4.39 Å². The Hall–Kier alpha value is -1.45. The molecule has 1 atom stereocenters. The van der Waals surface area contributed by atoms with Crippen LogP contribution in [0, 0.1) is 12.7 Å². The monoisotopic (exact) mass is 306 g/mol. The van der Waals surface area contributed by atoms with Crippen molar-refractivity contribution in [1.29, 1.82) is 0 Å². The van der Waals surface area contributed by atoms with Crippen LogP contribution < -0.4 is 5.32 Å². The summed E-state index contributed by atoms with van der Waals surface area (Å²) in [6, 6.07) is 8.99. The zero-order chi connectivity index (χ0) is 15.2. The Balaban J connectivity index is 2.26. The second-order valence-electron chi connectivity index (χ2n) is 5.18. The van der Waals surface area contributed by atoms with Gasteiger partial charge in [0.25, 0.3) is 0 Å². The lowest BCUT2D eigenvalue weighted by molar-refractivity contribution is 0.516. The van der Waals surface area contributed by atoms with Gasteiger partial charge in [0.1, 0.15) is 5.82 Å². The van der Waals surface area contributed by atoms with Gasteiger partial charge in [0.2, 0.25) is 0 Å². The average Bonchev–Trinajstić information content (AvgIpc) is 2.47. The van der Waals surface area contributed by atoms with Crippen molar-refractivity contribution in [2.75, 3.05) is 6.54 Å². The standard InChI is InChI=1S/C17H20ClFN2/c1-3-8-20-16(15-10-12(2)7-9-21-15)11-13-5-4-6-14(19)17(13)18/h4-7,9-10,16,20H,3,8,11H2,1-2H3. The number of aryl methyl sites for hydroxylation is 1. The van der Waals surface area contributed by atoms with Gasteiger partial charge in [0.05, 0.1) is 16.8 Å². The smallest absolute Gasteiger partial charge is 0.142 e. The summed E-state index contributed by atoms with van der Waals surface area (Å²) >= 11 is 6.07. The molecule has 0 saturated carbocycles. The van der Waals surface area contributed by atoms with Crippen molar-refractivity contribution in [3.63, 3.8) is 0 Å². The van der Waals surface area contributed by atoms with Crippen molar-refractivity contribution in [3.05, 3.63) is 64.2 Å². The predicted octanol–water partition coefficient (Wildman–Crippen LogP) is 4.47. The lowest BCUT2D eigenvalue weighted by Crippen LogP contribution is -2.25. The summed E-state index contributed by atoms with van der Waals surface area (Å²) in [5, 5.41) is 3.67. The summed E-state index contributed by atoms with van der Waals surface area (Å²) < 4.78 is 13.6. The fourth-order valence-corrected chi connectivity index (χ4v) is 2.48. The SMILES string of the molecule is CCCNC(Cc1cccc(F)c1Cl)c1cc(C)ccn1. The van der Waals surface area contributed by atoms with Crippen LogP contribution in [0.2, 0.25) is 5.02 Å². The summed E-state index contributed by atoms with van der Waals surface area (Å²) in [7, 11) is 0. The first kappa shape index (κ1) is 15.9. The summed E-state index contributed by atoms with van der Waals surface area (Å²) in [6.45, 7) is 5.04. The van der Waals surface area contributed by atoms with Gasteiger partial charge in [-0.1, -0.05) is 30.7 Å². The first-order valence-electron chi connectivity index (χ1n) is 7.20. The number of benzene rings is 1. The molecule has 2 rings (SSSR count). The third-order valence-electron chi connectivity index (χ3n) is 3.39. The molecular weight excluding hydrogens is 287 g/mol. The molecule has 2 aromatic rings. The van der Waals surface area contributed by atoms with E-state index in [9.17, 15) is 4.39 Å². The van der Waals surface area contributed by atoms with Gasteiger partial charge in [-0.15, -0.1) is 0 Å². The third-order valence-corrected chi connectivity index (χ3v) is 3.81. The molecule has 0 amide bonds. The highest BCUT2D eigenvalue weighted by atomic mass is 35.5. The molecule has 1 N–H and O–H groups in total. The van der Waals surface area contributed by atoms with Gasteiger partial charge in [0.15, 0.2) is 0 Å². The van der Waals surface area contributed by atoms with E-state index in [1.807, 2.05) is 19.1 Å². The molecule has 2 nitrogen and oxygen atoms in total. The number of pyridine rings is 1. The van der Waals surface area contributed by atoms with E-state index in [-0.39, 0.29) is 16.9 Å². The molecule has 1 aromatic carbocycles. The van der Waals surface area contributed by atoms with E-state index in [0.717, 1.165) is 29.8 Å². The van der Waals surface area contributed by atoms with Gasteiger partial charge >= 0.3 is 0 Å². The van der Waals surface area contributed by atoms with Crippen LogP contribution in [0.4, 0.5) is 4.39 Å². The third kappa shape index (κ3) is 4.26. The van der Waals surface area contributed by atoms with Crippen molar-refractivity contribution in [3.8, 4) is 0 Å². The molecule has 0 spiro atoms. The minimum atomic E-state index is -0.374. The molecule has 0 bridgehead atoms. The van der Waals surface area contributed by atoms with Crippen LogP contribution in [-0.2, 0) is 6.42 Å². The van der Waals surface area contributed by atoms with Crippen LogP contribution in [-0.4, -0.2) is 11.5 Å². The number of aromatic nitrogens is 1. The average molecular weight is 307 g/mol. The topological polar surface area (TPSA) is 24.9 Å². The van der Waals surface area contributed by atoms with E-state index < -0.39 is 0 Å². The molecule has 1 aromatic heterocycles. The lowest BCUT2D eigenvalue weighted by Gasteiger charge is -2.19. The highest BCUT2D eigenvalue weighted by Crippen LogP contribution is 2.25. The molecule has 0 saturated heterocycles. The summed E-state index contributed by atoms with van der Waals surface area (Å²) in [4.78, 5) is 4.44. The molecule has 0 aliphatic carbocycles. The van der Waals surface area contributed by atoms with E-state index in [1.165, 1.54) is 6.07 Å². The second kappa shape index (κ2) is 7.53. The molecule has 0 fully saturated rings. The van der Waals surface area contributed by atoms with Crippen LogP contribution in [0.1, 0.15) is 36.2 Å². The predicted molar refractivity (Wildman–Crippen MR) is 85.1 cm³/mol. The molecule has 0 aliphatic heterocycles. The number of hydrogen-bond donors (Lipinski definition) is 1. The minimum Gasteiger partial charge on any atom is -0.308 e. The Bertz CT molecular complexity index is 601. The van der Waals surface area contributed by atoms with E-state index in [2.05, 4.69) is 23.3 Å². The number of rotatable bonds is 6. The number of nitrogens with one attached hydrogen (secondary N) is 1. The summed E-state index contributed by atoms with van der Waals surface area (Å²) in [6.07, 6.45) is 3.45. The summed E-state index contributed by atoms with van der Waals surface area (Å²) in [5.74, 6) is -0.374. The van der Waals surface area contributed by atoms with Crippen molar-refractivity contribution < 1.29 is 4.39 Å². The maximum Gasteiger partial charge on any atom is 0.142 e. The molecule has 112 valence electrons. The van der Waals surface area contributed by atoms with Crippen LogP contribution in [0.25, 0.3) is 0 Å². The van der Waals surface area contributed by atoms with E-state index in [0.29, 0.717) is 6.42 Å². The van der Waals surface area contributed by atoms with Gasteiger partial charge in [0, 0.05) is 6.20 Å². The summed E-state index contributed by atoms with van der Waals surface area (Å²) in [5.41, 5.74) is 2.92. The zero-order valence-electron chi connectivity index (χ0n) is 12.4. The second-order valence-corrected chi connectivity index (χ2v) is 5.56. The van der Waals surface area contributed by atoms with Gasteiger partial charge in [-0.05, 0) is 55.6 Å². The fraction of sp³-hybridized carbons (Fsp3) is 0.353. The molecule has 1 heterocycles. The van der Waals surface area contributed by atoms with Crippen LogP contribution in [0.3, 0.4) is 0 Å². The van der Waals surface area contributed by atoms with E-state index in [4.69, 9.17) is 11.6 Å². The van der Waals surface area contributed by atoms with Crippen molar-refractivity contribution in [1.82, 2.24) is 10.3 Å². The Morgan fingerprint density at radius 1 is 1.33 bits per heavy atom. The lowest BCUT2D eigenvalue weighted by atomic mass is 10.0. The van der Waals surface area contributed by atoms with E-state index in [1.54, 1.807) is 12.3 Å². The maximum atomic E-state index is 13.6. The molecule has 0 radical (unpaired) electrons. The molecule has 21 heavy (non-hydrogen) atoms. The molecule has 0 aliphatic rings. The Kier molecular flexibility index (Phi) is 5.71. The zero-order valence-corrected chi connectivity index (χ0v) is 13.1. The molecule has 1 unspecified atom stereocenters. The molecule has 4 heteroatoms. The quantitative estimate of drug-likeness (QED) is 0.852. The van der Waals surface area contributed by atoms with Crippen molar-refractivity contribution in [2.45, 2.75) is 32.7 Å². The van der Waals surface area contributed by atoms with Gasteiger partial charge in [-0.3, -0.25) is 4.98 Å².